The molecule has 1 aliphatic rings. The fraction of sp³-hybridized carbons (Fsp3) is 0.348. The molecule has 4 rings (SSSR count). The summed E-state index contributed by atoms with van der Waals surface area (Å²) in [6.07, 6.45) is -2.02. The zero-order valence-electron chi connectivity index (χ0n) is 17.8. The Hall–Kier alpha value is -3.55. The van der Waals surface area contributed by atoms with Gasteiger partial charge in [0.05, 0.1) is 18.1 Å². The van der Waals surface area contributed by atoms with Gasteiger partial charge in [0.2, 0.25) is 5.43 Å². The normalized spacial score (nSPS) is 19.4. The maximum Gasteiger partial charge on any atom is 0.303 e. The lowest BCUT2D eigenvalue weighted by Crippen LogP contribution is -2.52. The Morgan fingerprint density at radius 3 is 2.35 bits per heavy atom. The predicted molar refractivity (Wildman–Crippen MR) is 111 cm³/mol. The summed E-state index contributed by atoms with van der Waals surface area (Å²) in [4.78, 5) is 37.0. The van der Waals surface area contributed by atoms with Gasteiger partial charge in [-0.1, -0.05) is 12.1 Å². The van der Waals surface area contributed by atoms with Crippen molar-refractivity contribution < 1.29 is 33.0 Å². The predicted octanol–water partition coefficient (Wildman–Crippen LogP) is 3.66. The molecular formula is C23H22O8. The van der Waals surface area contributed by atoms with E-state index in [9.17, 15) is 14.4 Å². The van der Waals surface area contributed by atoms with Crippen molar-refractivity contribution in [1.29, 1.82) is 0 Å². The largest absolute Gasteiger partial charge is 0.495 e. The molecule has 0 radical (unpaired) electrons. The molecule has 31 heavy (non-hydrogen) atoms. The van der Waals surface area contributed by atoms with Crippen LogP contribution in [-0.2, 0) is 19.1 Å². The lowest BCUT2D eigenvalue weighted by atomic mass is 9.86. The van der Waals surface area contributed by atoms with Crippen LogP contribution in [0.3, 0.4) is 0 Å². The Morgan fingerprint density at radius 1 is 1.03 bits per heavy atom. The molecule has 0 saturated heterocycles. The number of hydrogen-bond donors (Lipinski definition) is 0. The molecule has 0 spiro atoms. The summed E-state index contributed by atoms with van der Waals surface area (Å²) in [6, 6.07) is 8.44. The lowest BCUT2D eigenvalue weighted by Gasteiger charge is -2.43. The van der Waals surface area contributed by atoms with Gasteiger partial charge in [0, 0.05) is 19.9 Å². The van der Waals surface area contributed by atoms with E-state index in [0.29, 0.717) is 22.3 Å². The van der Waals surface area contributed by atoms with Crippen LogP contribution in [0.25, 0.3) is 21.9 Å². The molecule has 0 N–H and O–H groups in total. The number of methoxy groups -OCH3 is 1. The summed E-state index contributed by atoms with van der Waals surface area (Å²) >= 11 is 0. The second-order valence-electron chi connectivity index (χ2n) is 7.89. The van der Waals surface area contributed by atoms with Gasteiger partial charge in [-0.25, -0.2) is 0 Å². The van der Waals surface area contributed by atoms with Crippen molar-refractivity contribution in [3.8, 4) is 11.5 Å². The standard InChI is InChI=1S/C23H22O8/c1-11(24)28-21-18-16(31-23(3,4)22(21)29-12(2)25)10-15-17(20(18)27-5)19(26)13-8-6-7-9-14(13)30-15/h6-10,21-22H,1-5H3/t21-,22-/m1/s1. The molecule has 0 amide bonds. The van der Waals surface area contributed by atoms with Gasteiger partial charge in [0.1, 0.15) is 33.7 Å². The van der Waals surface area contributed by atoms with Crippen molar-refractivity contribution in [3.63, 3.8) is 0 Å². The van der Waals surface area contributed by atoms with Crippen LogP contribution in [0.15, 0.2) is 39.5 Å². The molecule has 162 valence electrons. The van der Waals surface area contributed by atoms with Gasteiger partial charge in [-0.3, -0.25) is 14.4 Å². The summed E-state index contributed by atoms with van der Waals surface area (Å²) < 4.78 is 28.8. The lowest BCUT2D eigenvalue weighted by molar-refractivity contribution is -0.188. The van der Waals surface area contributed by atoms with E-state index in [1.54, 1.807) is 44.2 Å². The van der Waals surface area contributed by atoms with Gasteiger partial charge in [-0.2, -0.15) is 0 Å². The fourth-order valence-electron chi connectivity index (χ4n) is 4.02. The molecule has 1 aliphatic heterocycles. The van der Waals surface area contributed by atoms with Crippen LogP contribution >= 0.6 is 0 Å². The Morgan fingerprint density at radius 2 is 1.71 bits per heavy atom. The van der Waals surface area contributed by atoms with Gasteiger partial charge < -0.3 is 23.4 Å². The molecular weight excluding hydrogens is 404 g/mol. The van der Waals surface area contributed by atoms with Crippen LogP contribution in [-0.4, -0.2) is 30.8 Å². The first-order chi connectivity index (χ1) is 14.6. The van der Waals surface area contributed by atoms with Crippen molar-refractivity contribution in [1.82, 2.24) is 0 Å². The van der Waals surface area contributed by atoms with Crippen LogP contribution in [0.4, 0.5) is 0 Å². The topological polar surface area (TPSA) is 101 Å². The van der Waals surface area contributed by atoms with E-state index in [-0.39, 0.29) is 22.1 Å². The number of hydrogen-bond acceptors (Lipinski definition) is 8. The van der Waals surface area contributed by atoms with E-state index in [0.717, 1.165) is 0 Å². The number of fused-ring (bicyclic) bond motifs is 3. The average Bonchev–Trinajstić information content (AvgIpc) is 2.68. The van der Waals surface area contributed by atoms with Gasteiger partial charge >= 0.3 is 11.9 Å². The number of carbonyl (C=O) groups excluding carboxylic acids is 2. The molecule has 8 heteroatoms. The monoisotopic (exact) mass is 426 g/mol. The first kappa shape index (κ1) is 20.7. The van der Waals surface area contributed by atoms with Crippen molar-refractivity contribution in [2.45, 2.75) is 45.5 Å². The molecule has 0 bridgehead atoms. The van der Waals surface area contributed by atoms with Gasteiger partial charge in [-0.05, 0) is 26.0 Å². The highest BCUT2D eigenvalue weighted by molar-refractivity contribution is 5.95. The molecule has 0 aliphatic carbocycles. The SMILES string of the molecule is COc1c2c(cc3oc4ccccc4c(=O)c13)OC(C)(C)[C@H](OC(C)=O)[C@@H]2OC(C)=O. The third kappa shape index (κ3) is 3.37. The summed E-state index contributed by atoms with van der Waals surface area (Å²) in [7, 11) is 1.40. The summed E-state index contributed by atoms with van der Waals surface area (Å²) in [6.45, 7) is 5.94. The van der Waals surface area contributed by atoms with Gasteiger partial charge in [0.25, 0.3) is 0 Å². The number of ether oxygens (including phenoxy) is 4. The van der Waals surface area contributed by atoms with Crippen LogP contribution in [0, 0.1) is 0 Å². The molecule has 2 aromatic carbocycles. The van der Waals surface area contributed by atoms with E-state index in [4.69, 9.17) is 23.4 Å². The zero-order valence-corrected chi connectivity index (χ0v) is 17.8. The van der Waals surface area contributed by atoms with Crippen LogP contribution in [0.5, 0.6) is 11.5 Å². The minimum absolute atomic E-state index is 0.144. The number of para-hydroxylation sites is 1. The number of esters is 2. The van der Waals surface area contributed by atoms with E-state index < -0.39 is 29.7 Å². The fourth-order valence-corrected chi connectivity index (χ4v) is 4.02. The number of rotatable bonds is 3. The Labute approximate surface area is 177 Å². The zero-order chi connectivity index (χ0) is 22.5. The highest BCUT2D eigenvalue weighted by Gasteiger charge is 2.50. The summed E-state index contributed by atoms with van der Waals surface area (Å²) in [5.41, 5.74) is -0.353. The van der Waals surface area contributed by atoms with Crippen molar-refractivity contribution in [2.75, 3.05) is 7.11 Å². The average molecular weight is 426 g/mol. The molecule has 0 saturated carbocycles. The smallest absolute Gasteiger partial charge is 0.303 e. The first-order valence-electron chi connectivity index (χ1n) is 9.74. The van der Waals surface area contributed by atoms with E-state index >= 15 is 0 Å². The van der Waals surface area contributed by atoms with Gasteiger partial charge in [-0.15, -0.1) is 0 Å². The highest BCUT2D eigenvalue weighted by atomic mass is 16.6. The van der Waals surface area contributed by atoms with Crippen molar-refractivity contribution in [2.24, 2.45) is 0 Å². The van der Waals surface area contributed by atoms with Gasteiger partial charge in [0.15, 0.2) is 12.2 Å². The maximum absolute atomic E-state index is 13.3. The van der Waals surface area contributed by atoms with Crippen LogP contribution in [0.2, 0.25) is 0 Å². The number of benzene rings is 2. The first-order valence-corrected chi connectivity index (χ1v) is 9.74. The van der Waals surface area contributed by atoms with Crippen LogP contribution in [0.1, 0.15) is 39.4 Å². The molecule has 0 fully saturated rings. The molecule has 0 unspecified atom stereocenters. The third-order valence-corrected chi connectivity index (χ3v) is 5.23. The Bertz CT molecular complexity index is 1270. The third-order valence-electron chi connectivity index (χ3n) is 5.23. The van der Waals surface area contributed by atoms with E-state index in [1.165, 1.54) is 21.0 Å². The minimum atomic E-state index is -1.05. The number of carbonyl (C=O) groups is 2. The van der Waals surface area contributed by atoms with E-state index in [2.05, 4.69) is 0 Å². The quantitative estimate of drug-likeness (QED) is 0.462. The summed E-state index contributed by atoms with van der Waals surface area (Å²) in [5.74, 6) is -0.695. The molecule has 3 aromatic rings. The molecule has 8 nitrogen and oxygen atoms in total. The molecule has 2 heterocycles. The minimum Gasteiger partial charge on any atom is -0.495 e. The van der Waals surface area contributed by atoms with Crippen molar-refractivity contribution in [3.05, 3.63) is 46.1 Å². The van der Waals surface area contributed by atoms with Crippen molar-refractivity contribution >= 4 is 33.9 Å². The molecule has 1 aromatic heterocycles. The Balaban J connectivity index is 2.09. The van der Waals surface area contributed by atoms with E-state index in [1.807, 2.05) is 0 Å². The molecule has 2 atom stereocenters. The summed E-state index contributed by atoms with van der Waals surface area (Å²) in [5, 5.41) is 0.563. The maximum atomic E-state index is 13.3. The van der Waals surface area contributed by atoms with Crippen LogP contribution < -0.4 is 14.9 Å². The second-order valence-corrected chi connectivity index (χ2v) is 7.89. The highest BCUT2D eigenvalue weighted by Crippen LogP contribution is 2.50. The second kappa shape index (κ2) is 7.30. The Kier molecular flexibility index (Phi) is 4.88.